The number of carbonyl (C=O) groups is 2. The number of aryl methyl sites for hydroxylation is 2. The van der Waals surface area contributed by atoms with Gasteiger partial charge in [0.15, 0.2) is 5.78 Å². The molecule has 0 aliphatic rings. The number of aromatic nitrogens is 2. The molecule has 0 fully saturated rings. The van der Waals surface area contributed by atoms with E-state index >= 15 is 0 Å². The van der Waals surface area contributed by atoms with Gasteiger partial charge in [-0.1, -0.05) is 13.0 Å². The summed E-state index contributed by atoms with van der Waals surface area (Å²) in [5.74, 6) is -1.27. The van der Waals surface area contributed by atoms with Crippen molar-refractivity contribution >= 4 is 17.4 Å². The highest BCUT2D eigenvalue weighted by Crippen LogP contribution is 2.26. The van der Waals surface area contributed by atoms with Gasteiger partial charge in [0.05, 0.1) is 5.69 Å². The number of anilines is 1. The maximum absolute atomic E-state index is 14.6. The number of nitrogens with zero attached hydrogens (tertiary/aromatic N) is 3. The molecular formula is C24H23F2N3O2. The van der Waals surface area contributed by atoms with Crippen LogP contribution in [0.3, 0.4) is 0 Å². The first-order chi connectivity index (χ1) is 14.8. The zero-order chi connectivity index (χ0) is 22.5. The summed E-state index contributed by atoms with van der Waals surface area (Å²) in [4.78, 5) is 33.7. The van der Waals surface area contributed by atoms with Gasteiger partial charge in [0, 0.05) is 48.6 Å². The Labute approximate surface area is 179 Å². The van der Waals surface area contributed by atoms with Crippen LogP contribution in [0.5, 0.6) is 0 Å². The van der Waals surface area contributed by atoms with Crippen LogP contribution in [0.15, 0.2) is 48.7 Å². The summed E-state index contributed by atoms with van der Waals surface area (Å²) in [5.41, 5.74) is 2.93. The molecule has 1 aromatic carbocycles. The van der Waals surface area contributed by atoms with Gasteiger partial charge >= 0.3 is 0 Å². The number of Topliss-reactive ketones (excluding diaryl/α,β-unsaturated/α-hetero) is 1. The summed E-state index contributed by atoms with van der Waals surface area (Å²) >= 11 is 0. The molecule has 0 N–H and O–H groups in total. The Bertz CT molecular complexity index is 1110. The first kappa shape index (κ1) is 22.2. The third-order valence-corrected chi connectivity index (χ3v) is 5.16. The van der Waals surface area contributed by atoms with Gasteiger partial charge in [0.1, 0.15) is 5.82 Å². The third-order valence-electron chi connectivity index (χ3n) is 5.16. The van der Waals surface area contributed by atoms with Crippen LogP contribution in [0.4, 0.5) is 14.5 Å². The van der Waals surface area contributed by atoms with Gasteiger partial charge < -0.3 is 4.90 Å². The van der Waals surface area contributed by atoms with Crippen molar-refractivity contribution in [3.63, 3.8) is 0 Å². The fraction of sp³-hybridized carbons (Fsp3) is 0.250. The number of halogens is 2. The lowest BCUT2D eigenvalue weighted by Gasteiger charge is -2.17. The van der Waals surface area contributed by atoms with Gasteiger partial charge in [0.2, 0.25) is 11.9 Å². The summed E-state index contributed by atoms with van der Waals surface area (Å²) in [5, 5.41) is 0. The standard InChI is InChI=1S/C24H23F2N3O2/c1-4-24(31)29(3)18-8-9-19(20(25)13-18)21-10-5-17(14-27-21)22(30)11-6-16-7-12-23(26)28-15(16)2/h5,7-10,12-14H,4,6,11H2,1-3H3. The van der Waals surface area contributed by atoms with Crippen molar-refractivity contribution in [1.29, 1.82) is 0 Å². The normalized spacial score (nSPS) is 10.7. The van der Waals surface area contributed by atoms with Crippen molar-refractivity contribution in [2.75, 3.05) is 11.9 Å². The number of amides is 1. The van der Waals surface area contributed by atoms with E-state index in [1.165, 1.54) is 23.2 Å². The van der Waals surface area contributed by atoms with Crippen molar-refractivity contribution in [2.24, 2.45) is 0 Å². The van der Waals surface area contributed by atoms with E-state index in [-0.39, 0.29) is 23.7 Å². The van der Waals surface area contributed by atoms with Crippen molar-refractivity contribution < 1.29 is 18.4 Å². The van der Waals surface area contributed by atoms with Crippen LogP contribution < -0.4 is 4.90 Å². The summed E-state index contributed by atoms with van der Waals surface area (Å²) in [6.45, 7) is 3.45. The highest BCUT2D eigenvalue weighted by atomic mass is 19.1. The average Bonchev–Trinajstić information content (AvgIpc) is 2.77. The van der Waals surface area contributed by atoms with Crippen LogP contribution in [-0.2, 0) is 11.2 Å². The van der Waals surface area contributed by atoms with E-state index in [4.69, 9.17) is 0 Å². The molecule has 3 aromatic rings. The molecule has 2 aromatic heterocycles. The van der Waals surface area contributed by atoms with E-state index in [9.17, 15) is 18.4 Å². The summed E-state index contributed by atoms with van der Waals surface area (Å²) < 4.78 is 27.7. The molecule has 0 unspecified atom stereocenters. The van der Waals surface area contributed by atoms with Gasteiger partial charge in [-0.25, -0.2) is 9.37 Å². The fourth-order valence-electron chi connectivity index (χ4n) is 3.24. The Balaban J connectivity index is 1.70. The summed E-state index contributed by atoms with van der Waals surface area (Å²) in [7, 11) is 1.60. The minimum absolute atomic E-state index is 0.111. The first-order valence-electron chi connectivity index (χ1n) is 9.98. The largest absolute Gasteiger partial charge is 0.315 e. The predicted molar refractivity (Wildman–Crippen MR) is 115 cm³/mol. The number of hydrogen-bond donors (Lipinski definition) is 0. The van der Waals surface area contributed by atoms with E-state index in [1.54, 1.807) is 51.2 Å². The Morgan fingerprint density at radius 1 is 1.06 bits per heavy atom. The molecule has 2 heterocycles. The maximum Gasteiger partial charge on any atom is 0.226 e. The van der Waals surface area contributed by atoms with E-state index in [0.29, 0.717) is 35.5 Å². The van der Waals surface area contributed by atoms with Crippen molar-refractivity contribution in [3.8, 4) is 11.3 Å². The van der Waals surface area contributed by atoms with Gasteiger partial charge in [-0.15, -0.1) is 0 Å². The molecule has 0 saturated carbocycles. The lowest BCUT2D eigenvalue weighted by atomic mass is 10.0. The molecule has 0 radical (unpaired) electrons. The van der Waals surface area contributed by atoms with Crippen LogP contribution in [0.2, 0.25) is 0 Å². The molecule has 0 aliphatic heterocycles. The Morgan fingerprint density at radius 3 is 2.45 bits per heavy atom. The average molecular weight is 423 g/mol. The highest BCUT2D eigenvalue weighted by Gasteiger charge is 2.14. The first-order valence-corrected chi connectivity index (χ1v) is 9.98. The SMILES string of the molecule is CCC(=O)N(C)c1ccc(-c2ccc(C(=O)CCc3ccc(F)nc3C)cn2)c(F)c1. The molecule has 1 amide bonds. The lowest BCUT2D eigenvalue weighted by Crippen LogP contribution is -2.25. The van der Waals surface area contributed by atoms with E-state index in [2.05, 4.69) is 9.97 Å². The van der Waals surface area contributed by atoms with Gasteiger partial charge in [-0.05, 0) is 55.3 Å². The number of rotatable bonds is 7. The van der Waals surface area contributed by atoms with E-state index in [1.807, 2.05) is 0 Å². The minimum atomic E-state index is -0.545. The van der Waals surface area contributed by atoms with E-state index in [0.717, 1.165) is 5.56 Å². The Kier molecular flexibility index (Phi) is 6.84. The fourth-order valence-corrected chi connectivity index (χ4v) is 3.24. The summed E-state index contributed by atoms with van der Waals surface area (Å²) in [6.07, 6.45) is 2.43. The molecule has 0 aliphatic carbocycles. The highest BCUT2D eigenvalue weighted by molar-refractivity contribution is 5.96. The molecule has 0 spiro atoms. The van der Waals surface area contributed by atoms with Crippen molar-refractivity contribution in [1.82, 2.24) is 9.97 Å². The quantitative estimate of drug-likeness (QED) is 0.400. The van der Waals surface area contributed by atoms with E-state index < -0.39 is 11.8 Å². The lowest BCUT2D eigenvalue weighted by molar-refractivity contribution is -0.118. The molecule has 0 bridgehead atoms. The molecule has 0 atom stereocenters. The maximum atomic E-state index is 14.6. The predicted octanol–water partition coefficient (Wildman–Crippen LogP) is 4.92. The number of pyridine rings is 2. The molecule has 0 saturated heterocycles. The van der Waals surface area contributed by atoms with Gasteiger partial charge in [0.25, 0.3) is 0 Å². The van der Waals surface area contributed by atoms with Gasteiger partial charge in [-0.2, -0.15) is 4.39 Å². The van der Waals surface area contributed by atoms with Crippen LogP contribution in [0.25, 0.3) is 11.3 Å². The Morgan fingerprint density at radius 2 is 1.84 bits per heavy atom. The second kappa shape index (κ2) is 9.55. The second-order valence-corrected chi connectivity index (χ2v) is 7.20. The zero-order valence-electron chi connectivity index (χ0n) is 17.7. The van der Waals surface area contributed by atoms with Crippen molar-refractivity contribution in [3.05, 3.63) is 77.2 Å². The minimum Gasteiger partial charge on any atom is -0.315 e. The molecule has 7 heteroatoms. The number of hydrogen-bond acceptors (Lipinski definition) is 4. The summed E-state index contributed by atoms with van der Waals surface area (Å²) in [6, 6.07) is 10.6. The second-order valence-electron chi connectivity index (χ2n) is 7.20. The zero-order valence-corrected chi connectivity index (χ0v) is 17.7. The molecule has 3 rings (SSSR count). The van der Waals surface area contributed by atoms with Crippen LogP contribution in [0, 0.1) is 18.7 Å². The smallest absolute Gasteiger partial charge is 0.226 e. The van der Waals surface area contributed by atoms with Crippen molar-refractivity contribution in [2.45, 2.75) is 33.1 Å². The van der Waals surface area contributed by atoms with Crippen LogP contribution in [0.1, 0.15) is 41.4 Å². The number of benzene rings is 1. The number of carbonyl (C=O) groups excluding carboxylic acids is 2. The van der Waals surface area contributed by atoms with Gasteiger partial charge in [-0.3, -0.25) is 14.6 Å². The Hall–Kier alpha value is -3.48. The third kappa shape index (κ3) is 5.17. The topological polar surface area (TPSA) is 63.2 Å². The monoisotopic (exact) mass is 423 g/mol. The van der Waals surface area contributed by atoms with Crippen LogP contribution >= 0.6 is 0 Å². The molecule has 31 heavy (non-hydrogen) atoms. The van der Waals surface area contributed by atoms with Crippen LogP contribution in [-0.4, -0.2) is 28.7 Å². The molecule has 160 valence electrons. The molecule has 5 nitrogen and oxygen atoms in total. The molecular weight excluding hydrogens is 400 g/mol. The number of ketones is 1.